The van der Waals surface area contributed by atoms with Crippen LogP contribution in [0.5, 0.6) is 0 Å². The molecule has 1 heterocycles. The average molecular weight is 310 g/mol. The molecule has 0 amide bonds. The lowest BCUT2D eigenvalue weighted by atomic mass is 10.1. The zero-order chi connectivity index (χ0) is 15.5. The summed E-state index contributed by atoms with van der Waals surface area (Å²) in [6, 6.07) is 16.6. The lowest BCUT2D eigenvalue weighted by Crippen LogP contribution is -2.02. The number of hydrogen-bond donors (Lipinski definition) is 1. The summed E-state index contributed by atoms with van der Waals surface area (Å²) in [6.45, 7) is 2.44. The first-order chi connectivity index (χ1) is 10.7. The summed E-state index contributed by atoms with van der Waals surface area (Å²) < 4.78 is 1.87. The van der Waals surface area contributed by atoms with E-state index in [4.69, 9.17) is 5.73 Å². The maximum Gasteiger partial charge on any atom is 0.105 e. The molecule has 4 nitrogen and oxygen atoms in total. The lowest BCUT2D eigenvalue weighted by molar-refractivity contribution is 0.798. The van der Waals surface area contributed by atoms with Gasteiger partial charge in [-0.3, -0.25) is 0 Å². The minimum atomic E-state index is 0.366. The smallest absolute Gasteiger partial charge is 0.105 e. The standard InChI is InChI=1S/C17H18N4S/c1-12-6-8-13(9-7-12)17-16(11-18)19-20-21(17)14-4-3-5-15(10-14)22-2/h3-10H,11,18H2,1-2H3. The first-order valence-electron chi connectivity index (χ1n) is 7.09. The average Bonchev–Trinajstić information content (AvgIpc) is 2.99. The van der Waals surface area contributed by atoms with Crippen LogP contribution in [-0.4, -0.2) is 21.2 Å². The van der Waals surface area contributed by atoms with Crippen LogP contribution in [0.2, 0.25) is 0 Å². The van der Waals surface area contributed by atoms with E-state index >= 15 is 0 Å². The monoisotopic (exact) mass is 310 g/mol. The summed E-state index contributed by atoms with van der Waals surface area (Å²) in [5.41, 5.74) is 10.9. The van der Waals surface area contributed by atoms with E-state index in [1.54, 1.807) is 11.8 Å². The predicted molar refractivity (Wildman–Crippen MR) is 91.2 cm³/mol. The molecule has 0 saturated heterocycles. The van der Waals surface area contributed by atoms with E-state index in [2.05, 4.69) is 59.9 Å². The molecule has 3 rings (SSSR count). The van der Waals surface area contributed by atoms with Crippen molar-refractivity contribution in [3.05, 3.63) is 59.8 Å². The highest BCUT2D eigenvalue weighted by Gasteiger charge is 2.15. The summed E-state index contributed by atoms with van der Waals surface area (Å²) in [5, 5.41) is 8.56. The molecule has 0 aliphatic heterocycles. The lowest BCUT2D eigenvalue weighted by Gasteiger charge is -2.09. The van der Waals surface area contributed by atoms with Crippen LogP contribution in [0.25, 0.3) is 16.9 Å². The zero-order valence-corrected chi connectivity index (χ0v) is 13.5. The summed E-state index contributed by atoms with van der Waals surface area (Å²) in [6.07, 6.45) is 2.06. The minimum Gasteiger partial charge on any atom is -0.325 e. The highest BCUT2D eigenvalue weighted by atomic mass is 32.2. The fourth-order valence-electron chi connectivity index (χ4n) is 2.37. The maximum absolute atomic E-state index is 5.85. The third-order valence-corrected chi connectivity index (χ3v) is 4.28. The van der Waals surface area contributed by atoms with E-state index < -0.39 is 0 Å². The molecule has 0 aliphatic rings. The van der Waals surface area contributed by atoms with Crippen molar-refractivity contribution in [2.75, 3.05) is 6.26 Å². The topological polar surface area (TPSA) is 56.7 Å². The van der Waals surface area contributed by atoms with Crippen molar-refractivity contribution in [1.82, 2.24) is 15.0 Å². The molecule has 0 atom stereocenters. The summed E-state index contributed by atoms with van der Waals surface area (Å²) in [4.78, 5) is 1.19. The number of aromatic nitrogens is 3. The van der Waals surface area contributed by atoms with Crippen molar-refractivity contribution in [1.29, 1.82) is 0 Å². The number of nitrogens with zero attached hydrogens (tertiary/aromatic N) is 3. The van der Waals surface area contributed by atoms with Crippen LogP contribution in [0.3, 0.4) is 0 Å². The van der Waals surface area contributed by atoms with E-state index in [0.717, 1.165) is 22.6 Å². The third kappa shape index (κ3) is 2.77. The zero-order valence-electron chi connectivity index (χ0n) is 12.7. The number of nitrogens with two attached hydrogens (primary N) is 1. The van der Waals surface area contributed by atoms with Crippen molar-refractivity contribution < 1.29 is 0 Å². The molecule has 0 aliphatic carbocycles. The van der Waals surface area contributed by atoms with Gasteiger partial charge in [0.15, 0.2) is 0 Å². The SMILES string of the molecule is CSc1cccc(-n2nnc(CN)c2-c2ccc(C)cc2)c1. The number of aryl methyl sites for hydroxylation is 1. The molecule has 0 radical (unpaired) electrons. The van der Waals surface area contributed by atoms with Crippen molar-refractivity contribution in [2.45, 2.75) is 18.4 Å². The summed E-state index contributed by atoms with van der Waals surface area (Å²) in [5.74, 6) is 0. The van der Waals surface area contributed by atoms with Gasteiger partial charge in [0.2, 0.25) is 0 Å². The van der Waals surface area contributed by atoms with E-state index in [0.29, 0.717) is 6.54 Å². The number of rotatable bonds is 4. The second kappa shape index (κ2) is 6.34. The molecular weight excluding hydrogens is 292 g/mol. The fraction of sp³-hybridized carbons (Fsp3) is 0.176. The van der Waals surface area contributed by atoms with Gasteiger partial charge >= 0.3 is 0 Å². The van der Waals surface area contributed by atoms with Crippen LogP contribution in [0.4, 0.5) is 0 Å². The largest absolute Gasteiger partial charge is 0.325 e. The van der Waals surface area contributed by atoms with Crippen LogP contribution < -0.4 is 5.73 Å². The Morgan fingerprint density at radius 1 is 1.14 bits per heavy atom. The van der Waals surface area contributed by atoms with Gasteiger partial charge in [-0.15, -0.1) is 16.9 Å². The van der Waals surface area contributed by atoms with Gasteiger partial charge in [-0.25, -0.2) is 4.68 Å². The van der Waals surface area contributed by atoms with Crippen LogP contribution in [0, 0.1) is 6.92 Å². The van der Waals surface area contributed by atoms with Crippen molar-refractivity contribution in [3.63, 3.8) is 0 Å². The highest BCUT2D eigenvalue weighted by molar-refractivity contribution is 7.98. The Morgan fingerprint density at radius 3 is 2.59 bits per heavy atom. The Balaban J connectivity index is 2.16. The minimum absolute atomic E-state index is 0.366. The number of hydrogen-bond acceptors (Lipinski definition) is 4. The predicted octanol–water partition coefficient (Wildman–Crippen LogP) is 3.42. The Bertz CT molecular complexity index is 778. The van der Waals surface area contributed by atoms with Gasteiger partial charge in [0.1, 0.15) is 5.69 Å². The maximum atomic E-state index is 5.85. The highest BCUT2D eigenvalue weighted by Crippen LogP contribution is 2.27. The van der Waals surface area contributed by atoms with Gasteiger partial charge in [-0.1, -0.05) is 41.1 Å². The molecular formula is C17H18N4S. The number of thioether (sulfide) groups is 1. The molecule has 0 bridgehead atoms. The quantitative estimate of drug-likeness (QED) is 0.750. The van der Waals surface area contributed by atoms with Gasteiger partial charge in [0.05, 0.1) is 11.4 Å². The van der Waals surface area contributed by atoms with E-state index in [1.165, 1.54) is 10.5 Å². The molecule has 2 aromatic carbocycles. The van der Waals surface area contributed by atoms with Gasteiger partial charge in [-0.05, 0) is 31.4 Å². The van der Waals surface area contributed by atoms with Gasteiger partial charge in [0, 0.05) is 17.0 Å². The first kappa shape index (κ1) is 14.8. The first-order valence-corrected chi connectivity index (χ1v) is 8.31. The Hall–Kier alpha value is -2.11. The second-order valence-electron chi connectivity index (χ2n) is 5.07. The van der Waals surface area contributed by atoms with Crippen molar-refractivity contribution in [2.24, 2.45) is 5.73 Å². The molecule has 0 fully saturated rings. The second-order valence-corrected chi connectivity index (χ2v) is 5.95. The Morgan fingerprint density at radius 2 is 1.91 bits per heavy atom. The normalized spacial score (nSPS) is 10.9. The van der Waals surface area contributed by atoms with Crippen molar-refractivity contribution >= 4 is 11.8 Å². The Kier molecular flexibility index (Phi) is 4.27. The molecule has 0 spiro atoms. The molecule has 3 aromatic rings. The molecule has 2 N–H and O–H groups in total. The van der Waals surface area contributed by atoms with Crippen molar-refractivity contribution in [3.8, 4) is 16.9 Å². The molecule has 0 saturated carbocycles. The van der Waals surface area contributed by atoms with Gasteiger partial charge < -0.3 is 5.73 Å². The molecule has 0 unspecified atom stereocenters. The van der Waals surface area contributed by atoms with Crippen LogP contribution in [0.15, 0.2) is 53.4 Å². The molecule has 22 heavy (non-hydrogen) atoms. The molecule has 1 aromatic heterocycles. The van der Waals surface area contributed by atoms with E-state index in [9.17, 15) is 0 Å². The van der Waals surface area contributed by atoms with E-state index in [-0.39, 0.29) is 0 Å². The third-order valence-electron chi connectivity index (χ3n) is 3.56. The van der Waals surface area contributed by atoms with Crippen LogP contribution in [0.1, 0.15) is 11.3 Å². The Labute approximate surface area is 134 Å². The molecule has 112 valence electrons. The van der Waals surface area contributed by atoms with Crippen LogP contribution in [-0.2, 0) is 6.54 Å². The van der Waals surface area contributed by atoms with Gasteiger partial charge in [0.25, 0.3) is 0 Å². The fourth-order valence-corrected chi connectivity index (χ4v) is 2.83. The van der Waals surface area contributed by atoms with E-state index in [1.807, 2.05) is 16.8 Å². The summed E-state index contributed by atoms with van der Waals surface area (Å²) in [7, 11) is 0. The summed E-state index contributed by atoms with van der Waals surface area (Å²) >= 11 is 1.71. The van der Waals surface area contributed by atoms with Crippen LogP contribution >= 0.6 is 11.8 Å². The molecule has 5 heteroatoms. The van der Waals surface area contributed by atoms with Gasteiger partial charge in [-0.2, -0.15) is 0 Å². The number of benzene rings is 2.